The first-order chi connectivity index (χ1) is 17.2. The van der Waals surface area contributed by atoms with Crippen molar-refractivity contribution in [2.24, 2.45) is 16.5 Å². The molecule has 0 amide bonds. The summed E-state index contributed by atoms with van der Waals surface area (Å²) in [5.41, 5.74) is 0.892. The van der Waals surface area contributed by atoms with Crippen LogP contribution in [0, 0.1) is 27.3 Å². The van der Waals surface area contributed by atoms with E-state index >= 15 is 4.39 Å². The maximum absolute atomic E-state index is 15.0. The lowest BCUT2D eigenvalue weighted by atomic mass is 9.86. The zero-order valence-corrected chi connectivity index (χ0v) is 21.6. The summed E-state index contributed by atoms with van der Waals surface area (Å²) in [6.45, 7) is 5.94. The number of benzene rings is 1. The maximum atomic E-state index is 15.0. The summed E-state index contributed by atoms with van der Waals surface area (Å²) in [5, 5.41) is 18.9. The van der Waals surface area contributed by atoms with Gasteiger partial charge in [-0.2, -0.15) is 0 Å². The predicted octanol–water partition coefficient (Wildman–Crippen LogP) is 2.79. The number of esters is 1. The summed E-state index contributed by atoms with van der Waals surface area (Å²) >= 11 is 0. The molecule has 12 nitrogen and oxygen atoms in total. The van der Waals surface area contributed by atoms with Gasteiger partial charge in [-0.3, -0.25) is 4.79 Å². The van der Waals surface area contributed by atoms with E-state index in [1.807, 2.05) is 26.0 Å². The Morgan fingerprint density at radius 1 is 1.32 bits per heavy atom. The molecule has 2 aromatic rings. The Morgan fingerprint density at radius 2 is 2.03 bits per heavy atom. The van der Waals surface area contributed by atoms with Gasteiger partial charge in [-0.15, -0.1) is 15.2 Å². The summed E-state index contributed by atoms with van der Waals surface area (Å²) in [5.74, 6) is -1.16. The maximum Gasteiger partial charge on any atom is 0.313 e. The van der Waals surface area contributed by atoms with Gasteiger partial charge in [-0.25, -0.2) is 27.6 Å². The lowest BCUT2D eigenvalue weighted by Gasteiger charge is -2.21. The fourth-order valence-electron chi connectivity index (χ4n) is 3.69. The minimum atomic E-state index is -4.12. The Hall–Kier alpha value is -3.65. The van der Waals surface area contributed by atoms with Crippen molar-refractivity contribution in [1.82, 2.24) is 14.8 Å². The van der Waals surface area contributed by atoms with Crippen LogP contribution < -0.4 is 5.14 Å². The molecule has 37 heavy (non-hydrogen) atoms. The second-order valence-corrected chi connectivity index (χ2v) is 11.1. The molecule has 14 heteroatoms. The van der Waals surface area contributed by atoms with Gasteiger partial charge >= 0.3 is 5.97 Å². The molecule has 200 valence electrons. The summed E-state index contributed by atoms with van der Waals surface area (Å²) in [7, 11) is -4.12. The molecule has 0 bridgehead atoms. The second-order valence-electron chi connectivity index (χ2n) is 9.50. The van der Waals surface area contributed by atoms with Crippen molar-refractivity contribution in [1.29, 1.82) is 0 Å². The molecule has 1 aliphatic rings. The quantitative estimate of drug-likeness (QED) is 0.272. The normalized spacial score (nSPS) is 16.1. The van der Waals surface area contributed by atoms with Crippen molar-refractivity contribution >= 4 is 16.0 Å². The van der Waals surface area contributed by atoms with Crippen molar-refractivity contribution in [2.75, 3.05) is 6.61 Å². The summed E-state index contributed by atoms with van der Waals surface area (Å²) in [4.78, 5) is 31.3. The number of halogens is 1. The van der Waals surface area contributed by atoms with Crippen LogP contribution in [0.2, 0.25) is 0 Å². The van der Waals surface area contributed by atoms with Crippen molar-refractivity contribution in [2.45, 2.75) is 52.0 Å². The SMILES string of the molecule is CC1=CC=C(C)C(Cc2nc(COC(=O)C(C)(C)CO[N+](=O)[O-])nn2-c2ccc(S(N)(=O)=O)cc2F)C1. The van der Waals surface area contributed by atoms with Crippen LogP contribution in [0.15, 0.2) is 46.4 Å². The number of ether oxygens (including phenoxy) is 1. The number of sulfonamides is 1. The van der Waals surface area contributed by atoms with Crippen LogP contribution in [0.1, 0.15) is 45.8 Å². The van der Waals surface area contributed by atoms with E-state index in [2.05, 4.69) is 14.9 Å². The minimum Gasteiger partial charge on any atom is -0.457 e. The molecule has 0 radical (unpaired) electrons. The van der Waals surface area contributed by atoms with Gasteiger partial charge in [0.2, 0.25) is 10.0 Å². The molecule has 0 saturated carbocycles. The Morgan fingerprint density at radius 3 is 2.65 bits per heavy atom. The van der Waals surface area contributed by atoms with Crippen LogP contribution in [-0.2, 0) is 37.4 Å². The number of rotatable bonds is 10. The van der Waals surface area contributed by atoms with Gasteiger partial charge in [0.15, 0.2) is 12.4 Å². The van der Waals surface area contributed by atoms with E-state index in [-0.39, 0.29) is 24.0 Å². The molecule has 0 spiro atoms. The Bertz CT molecular complexity index is 1380. The molecule has 0 saturated heterocycles. The summed E-state index contributed by atoms with van der Waals surface area (Å²) in [6, 6.07) is 3.19. The highest BCUT2D eigenvalue weighted by molar-refractivity contribution is 7.89. The fourth-order valence-corrected chi connectivity index (χ4v) is 4.22. The third-order valence-corrected chi connectivity index (χ3v) is 6.79. The molecule has 1 aromatic carbocycles. The molecular formula is C23H28FN5O7S. The van der Waals surface area contributed by atoms with Crippen molar-refractivity contribution < 1.29 is 32.3 Å². The zero-order chi connectivity index (χ0) is 27.5. The minimum absolute atomic E-state index is 0.0584. The number of nitrogens with two attached hydrogens (primary N) is 1. The van der Waals surface area contributed by atoms with Crippen molar-refractivity contribution in [3.63, 3.8) is 0 Å². The topological polar surface area (TPSA) is 170 Å². The first-order valence-electron chi connectivity index (χ1n) is 11.2. The number of carbonyl (C=O) groups excluding carboxylic acids is 1. The van der Waals surface area contributed by atoms with Crippen LogP contribution in [0.4, 0.5) is 4.39 Å². The Labute approximate surface area is 213 Å². The van der Waals surface area contributed by atoms with E-state index in [4.69, 9.17) is 9.88 Å². The van der Waals surface area contributed by atoms with Crippen LogP contribution in [0.5, 0.6) is 0 Å². The van der Waals surface area contributed by atoms with Crippen LogP contribution in [0.3, 0.4) is 0 Å². The number of hydrogen-bond acceptors (Lipinski definition) is 9. The number of carbonyl (C=O) groups is 1. The standard InChI is InChI=1S/C23H28FN5O7S/c1-14-5-6-15(2)16(9-14)10-21-26-20(12-35-22(30)23(3,4)13-36-29(31)32)27-28(21)19-8-7-17(11-18(19)24)37(25,33)34/h5-8,11,16H,9-10,12-13H2,1-4H3,(H2,25,33,34). The Balaban J connectivity index is 1.91. The highest BCUT2D eigenvalue weighted by Crippen LogP contribution is 2.29. The van der Waals surface area contributed by atoms with Crippen LogP contribution in [-0.4, -0.2) is 40.8 Å². The van der Waals surface area contributed by atoms with E-state index in [1.165, 1.54) is 30.2 Å². The van der Waals surface area contributed by atoms with E-state index < -0.39 is 43.8 Å². The fraction of sp³-hybridized carbons (Fsp3) is 0.435. The second kappa shape index (κ2) is 10.8. The average Bonchev–Trinajstić information content (AvgIpc) is 3.20. The van der Waals surface area contributed by atoms with Gasteiger partial charge in [0, 0.05) is 6.42 Å². The third-order valence-electron chi connectivity index (χ3n) is 5.88. The zero-order valence-electron chi connectivity index (χ0n) is 20.8. The van der Waals surface area contributed by atoms with Crippen molar-refractivity contribution in [3.8, 4) is 5.69 Å². The molecule has 2 N–H and O–H groups in total. The molecular weight excluding hydrogens is 509 g/mol. The van der Waals surface area contributed by atoms with Crippen LogP contribution in [0.25, 0.3) is 5.69 Å². The lowest BCUT2D eigenvalue weighted by molar-refractivity contribution is -0.760. The van der Waals surface area contributed by atoms with Gasteiger partial charge in [-0.05, 0) is 58.2 Å². The van der Waals surface area contributed by atoms with Gasteiger partial charge < -0.3 is 9.57 Å². The average molecular weight is 538 g/mol. The first-order valence-corrected chi connectivity index (χ1v) is 12.8. The molecule has 1 unspecified atom stereocenters. The van der Waals surface area contributed by atoms with Gasteiger partial charge in [0.1, 0.15) is 23.9 Å². The summed E-state index contributed by atoms with van der Waals surface area (Å²) < 4.78 is 44.7. The van der Waals surface area contributed by atoms with Gasteiger partial charge in [0.05, 0.1) is 10.3 Å². The lowest BCUT2D eigenvalue weighted by Crippen LogP contribution is -2.32. The van der Waals surface area contributed by atoms with Crippen molar-refractivity contribution in [3.05, 3.63) is 69.1 Å². The number of allylic oxidation sites excluding steroid dienone is 4. The third kappa shape index (κ3) is 6.98. The number of aromatic nitrogens is 3. The Kier molecular flexibility index (Phi) is 8.12. The van der Waals surface area contributed by atoms with Gasteiger partial charge in [-0.1, -0.05) is 23.3 Å². The van der Waals surface area contributed by atoms with E-state index in [0.717, 1.165) is 24.1 Å². The molecule has 1 aliphatic carbocycles. The summed E-state index contributed by atoms with van der Waals surface area (Å²) in [6.07, 6.45) is 5.17. The van der Waals surface area contributed by atoms with E-state index in [9.17, 15) is 23.3 Å². The van der Waals surface area contributed by atoms with E-state index in [1.54, 1.807) is 0 Å². The number of hydrogen-bond donors (Lipinski definition) is 1. The molecule has 0 aliphatic heterocycles. The highest BCUT2D eigenvalue weighted by atomic mass is 32.2. The monoisotopic (exact) mass is 537 g/mol. The smallest absolute Gasteiger partial charge is 0.313 e. The molecule has 1 aromatic heterocycles. The molecule has 0 fully saturated rings. The molecule has 3 rings (SSSR count). The first kappa shape index (κ1) is 27.9. The predicted molar refractivity (Wildman–Crippen MR) is 129 cm³/mol. The van der Waals surface area contributed by atoms with Crippen LogP contribution >= 0.6 is 0 Å². The molecule has 1 atom stereocenters. The largest absolute Gasteiger partial charge is 0.457 e. The number of nitrogens with zero attached hydrogens (tertiary/aromatic N) is 4. The van der Waals surface area contributed by atoms with E-state index in [0.29, 0.717) is 12.2 Å². The van der Waals surface area contributed by atoms with Gasteiger partial charge in [0.25, 0.3) is 5.09 Å². The number of primary sulfonamides is 1. The highest BCUT2D eigenvalue weighted by Gasteiger charge is 2.32. The molecule has 1 heterocycles.